The molecular weight excluding hydrogens is 366 g/mol. The van der Waals surface area contributed by atoms with Gasteiger partial charge in [0.05, 0.1) is 10.6 Å². The third-order valence-corrected chi connectivity index (χ3v) is 6.20. The fourth-order valence-corrected chi connectivity index (χ4v) is 4.37. The first-order valence-electron chi connectivity index (χ1n) is 8.58. The number of amides is 1. The molecule has 27 heavy (non-hydrogen) atoms. The number of carbonyl (C=O) groups is 1. The van der Waals surface area contributed by atoms with Crippen LogP contribution in [0, 0.1) is 0 Å². The van der Waals surface area contributed by atoms with Gasteiger partial charge in [-0.2, -0.15) is 4.31 Å². The van der Waals surface area contributed by atoms with Gasteiger partial charge in [0.25, 0.3) is 5.91 Å². The van der Waals surface area contributed by atoms with Crippen LogP contribution in [-0.2, 0) is 22.9 Å². The average Bonchev–Trinajstić information content (AvgIpc) is 3.27. The highest BCUT2D eigenvalue weighted by Gasteiger charge is 2.24. The number of hydrogen-bond donors (Lipinski definition) is 1. The van der Waals surface area contributed by atoms with E-state index >= 15 is 0 Å². The van der Waals surface area contributed by atoms with Crippen LogP contribution in [0.2, 0.25) is 0 Å². The minimum atomic E-state index is -3.70. The second kappa shape index (κ2) is 7.89. The molecule has 1 aliphatic carbocycles. The molecule has 1 aromatic carbocycles. The number of anilines is 1. The Morgan fingerprint density at radius 2 is 1.85 bits per heavy atom. The second-order valence-corrected chi connectivity index (χ2v) is 8.11. The Kier molecular flexibility index (Phi) is 5.57. The molecule has 0 aliphatic heterocycles. The van der Waals surface area contributed by atoms with E-state index in [1.807, 2.05) is 0 Å². The summed E-state index contributed by atoms with van der Waals surface area (Å²) in [6.07, 6.45) is 5.70. The van der Waals surface area contributed by atoms with Gasteiger partial charge in [0.1, 0.15) is 0 Å². The molecular formula is C19H21N3O4S. The Balaban J connectivity index is 1.76. The lowest BCUT2D eigenvalue weighted by molar-refractivity contribution is 0.102. The van der Waals surface area contributed by atoms with E-state index in [0.717, 1.165) is 30.5 Å². The van der Waals surface area contributed by atoms with E-state index in [2.05, 4.69) is 23.6 Å². The summed E-state index contributed by atoms with van der Waals surface area (Å²) >= 11 is 0. The van der Waals surface area contributed by atoms with E-state index in [9.17, 15) is 13.2 Å². The molecule has 0 saturated carbocycles. The van der Waals surface area contributed by atoms with Crippen LogP contribution in [0.5, 0.6) is 0 Å². The van der Waals surface area contributed by atoms with E-state index in [1.54, 1.807) is 0 Å². The summed E-state index contributed by atoms with van der Waals surface area (Å²) in [6, 6.07) is 5.76. The summed E-state index contributed by atoms with van der Waals surface area (Å²) in [5.74, 6) is -0.00817. The standard InChI is InChI=1S/C19H21N3O4S/c1-3-12-22(13-4-2)27(24,25)15-10-8-14(9-11-15)18(23)20-19-16-6-5-7-17(16)21-26-19/h3-4,8-11H,1-2,5-7,12-13H2,(H,20,23). The van der Waals surface area contributed by atoms with Crippen LogP contribution in [0.4, 0.5) is 5.88 Å². The maximum Gasteiger partial charge on any atom is 0.258 e. The number of nitrogens with one attached hydrogen (secondary N) is 1. The third kappa shape index (κ3) is 3.86. The molecule has 0 bridgehead atoms. The number of rotatable bonds is 8. The molecule has 0 spiro atoms. The summed E-state index contributed by atoms with van der Waals surface area (Å²) in [4.78, 5) is 12.5. The van der Waals surface area contributed by atoms with Gasteiger partial charge in [-0.1, -0.05) is 17.3 Å². The number of aromatic nitrogens is 1. The molecule has 0 saturated heterocycles. The van der Waals surface area contributed by atoms with Gasteiger partial charge < -0.3 is 4.52 Å². The van der Waals surface area contributed by atoms with Crippen LogP contribution in [-0.4, -0.2) is 36.9 Å². The molecule has 2 aromatic rings. The highest BCUT2D eigenvalue weighted by molar-refractivity contribution is 7.89. The van der Waals surface area contributed by atoms with E-state index in [1.165, 1.54) is 40.7 Å². The van der Waals surface area contributed by atoms with Gasteiger partial charge in [-0.3, -0.25) is 10.1 Å². The lowest BCUT2D eigenvalue weighted by Crippen LogP contribution is -2.31. The van der Waals surface area contributed by atoms with Gasteiger partial charge in [-0.15, -0.1) is 13.2 Å². The minimum absolute atomic E-state index is 0.100. The smallest absolute Gasteiger partial charge is 0.258 e. The number of fused-ring (bicyclic) bond motifs is 1. The molecule has 1 aliphatic rings. The fourth-order valence-electron chi connectivity index (χ4n) is 2.99. The Morgan fingerprint density at radius 3 is 2.48 bits per heavy atom. The maximum absolute atomic E-state index is 12.7. The van der Waals surface area contributed by atoms with Crippen molar-refractivity contribution < 1.29 is 17.7 Å². The maximum atomic E-state index is 12.7. The predicted molar refractivity (Wildman–Crippen MR) is 102 cm³/mol. The van der Waals surface area contributed by atoms with Crippen molar-refractivity contribution in [2.75, 3.05) is 18.4 Å². The molecule has 0 fully saturated rings. The van der Waals surface area contributed by atoms with E-state index in [-0.39, 0.29) is 23.9 Å². The number of hydrogen-bond acceptors (Lipinski definition) is 5. The normalized spacial score (nSPS) is 13.4. The lowest BCUT2D eigenvalue weighted by Gasteiger charge is -2.19. The molecule has 8 heteroatoms. The summed E-state index contributed by atoms with van der Waals surface area (Å²) in [7, 11) is -3.70. The Bertz CT molecular complexity index is 951. The first kappa shape index (κ1) is 19.1. The van der Waals surface area contributed by atoms with Crippen LogP contribution < -0.4 is 5.32 Å². The zero-order valence-corrected chi connectivity index (χ0v) is 15.7. The minimum Gasteiger partial charge on any atom is -0.338 e. The molecule has 1 N–H and O–H groups in total. The van der Waals surface area contributed by atoms with Crippen molar-refractivity contribution in [3.05, 3.63) is 66.4 Å². The topological polar surface area (TPSA) is 92.5 Å². The molecule has 1 amide bonds. The van der Waals surface area contributed by atoms with Crippen LogP contribution in [0.1, 0.15) is 28.0 Å². The highest BCUT2D eigenvalue weighted by Crippen LogP contribution is 2.28. The molecule has 3 rings (SSSR count). The predicted octanol–water partition coefficient (Wildman–Crippen LogP) is 2.78. The van der Waals surface area contributed by atoms with E-state index < -0.39 is 10.0 Å². The van der Waals surface area contributed by atoms with Gasteiger partial charge in [0.15, 0.2) is 0 Å². The number of aryl methyl sites for hydroxylation is 1. The molecule has 142 valence electrons. The molecule has 0 radical (unpaired) electrons. The monoisotopic (exact) mass is 387 g/mol. The Hall–Kier alpha value is -2.71. The van der Waals surface area contributed by atoms with Crippen molar-refractivity contribution >= 4 is 21.8 Å². The van der Waals surface area contributed by atoms with Crippen LogP contribution in [0.3, 0.4) is 0 Å². The van der Waals surface area contributed by atoms with Gasteiger partial charge in [-0.25, -0.2) is 8.42 Å². The van der Waals surface area contributed by atoms with E-state index in [4.69, 9.17) is 4.52 Å². The highest BCUT2D eigenvalue weighted by atomic mass is 32.2. The zero-order chi connectivity index (χ0) is 19.4. The van der Waals surface area contributed by atoms with Crippen LogP contribution in [0.15, 0.2) is 59.0 Å². The third-order valence-electron chi connectivity index (χ3n) is 4.36. The van der Waals surface area contributed by atoms with Crippen molar-refractivity contribution in [1.29, 1.82) is 0 Å². The van der Waals surface area contributed by atoms with Crippen molar-refractivity contribution in [2.45, 2.75) is 24.2 Å². The van der Waals surface area contributed by atoms with Gasteiger partial charge in [0.2, 0.25) is 15.9 Å². The summed E-state index contributed by atoms with van der Waals surface area (Å²) in [6.45, 7) is 7.51. The Labute approximate surface area is 158 Å². The first-order valence-corrected chi connectivity index (χ1v) is 10.0. The van der Waals surface area contributed by atoms with E-state index in [0.29, 0.717) is 11.4 Å². The van der Waals surface area contributed by atoms with Crippen molar-refractivity contribution in [2.24, 2.45) is 0 Å². The fraction of sp³-hybridized carbons (Fsp3) is 0.263. The molecule has 1 heterocycles. The lowest BCUT2D eigenvalue weighted by atomic mass is 10.2. The largest absolute Gasteiger partial charge is 0.338 e. The van der Waals surface area contributed by atoms with Gasteiger partial charge >= 0.3 is 0 Å². The molecule has 7 nitrogen and oxygen atoms in total. The van der Waals surface area contributed by atoms with Gasteiger partial charge in [-0.05, 0) is 43.5 Å². The average molecular weight is 387 g/mol. The first-order chi connectivity index (χ1) is 13.0. The molecule has 1 aromatic heterocycles. The summed E-state index contributed by atoms with van der Waals surface area (Å²) in [5, 5.41) is 6.66. The van der Waals surface area contributed by atoms with Crippen molar-refractivity contribution in [3.63, 3.8) is 0 Å². The van der Waals surface area contributed by atoms with Crippen molar-refractivity contribution in [1.82, 2.24) is 9.46 Å². The quantitative estimate of drug-likeness (QED) is 0.703. The summed E-state index contributed by atoms with van der Waals surface area (Å²) in [5.41, 5.74) is 2.15. The number of nitrogens with zero attached hydrogens (tertiary/aromatic N) is 2. The second-order valence-electron chi connectivity index (χ2n) is 6.17. The molecule has 0 unspecified atom stereocenters. The summed E-state index contributed by atoms with van der Waals surface area (Å²) < 4.78 is 31.8. The van der Waals surface area contributed by atoms with Crippen LogP contribution >= 0.6 is 0 Å². The number of benzene rings is 1. The van der Waals surface area contributed by atoms with Crippen LogP contribution in [0.25, 0.3) is 0 Å². The Morgan fingerprint density at radius 1 is 1.19 bits per heavy atom. The number of sulfonamides is 1. The van der Waals surface area contributed by atoms with Crippen molar-refractivity contribution in [3.8, 4) is 0 Å². The zero-order valence-electron chi connectivity index (χ0n) is 14.8. The number of carbonyl (C=O) groups excluding carboxylic acids is 1. The SMILES string of the molecule is C=CCN(CC=C)S(=O)(=O)c1ccc(C(=O)Nc2onc3c2CCC3)cc1. The van der Waals surface area contributed by atoms with Gasteiger partial charge in [0, 0.05) is 24.2 Å². The molecule has 0 atom stereocenters.